The molecule has 3 aromatic heterocycles. The fourth-order valence-electron chi connectivity index (χ4n) is 5.89. The zero-order valence-corrected chi connectivity index (χ0v) is 25.9. The van der Waals surface area contributed by atoms with E-state index in [1.165, 1.54) is 12.1 Å². The molecule has 1 aliphatic rings. The van der Waals surface area contributed by atoms with Crippen molar-refractivity contribution in [2.24, 2.45) is 0 Å². The van der Waals surface area contributed by atoms with Gasteiger partial charge in [0.2, 0.25) is 0 Å². The standard InChI is InChI=1S/C37H32FN5O4/c1-23-19-31(46-18-17-43-16-15-40-22-43)29(35(44)42-37(12-13-37)32-5-3-4-14-41-32)21-27(23)25-8-11-30-28(20-25)33(36(45)39-2)34(47-30)24-6-9-26(38)10-7-24/h3-11,14-16,19-22H,12-13,17-18H2,1-2H3,(H,39,45)(H,42,44). The van der Waals surface area contributed by atoms with Gasteiger partial charge < -0.3 is 24.4 Å². The van der Waals surface area contributed by atoms with E-state index >= 15 is 0 Å². The van der Waals surface area contributed by atoms with Crippen LogP contribution < -0.4 is 15.4 Å². The topological polar surface area (TPSA) is 111 Å². The highest BCUT2D eigenvalue weighted by Crippen LogP contribution is 2.45. The van der Waals surface area contributed by atoms with Crippen molar-refractivity contribution in [2.45, 2.75) is 31.8 Å². The summed E-state index contributed by atoms with van der Waals surface area (Å²) in [4.78, 5) is 35.8. The second kappa shape index (κ2) is 12.2. The highest BCUT2D eigenvalue weighted by atomic mass is 19.1. The van der Waals surface area contributed by atoms with E-state index in [2.05, 4.69) is 20.6 Å². The summed E-state index contributed by atoms with van der Waals surface area (Å²) in [6, 6.07) is 20.8. The van der Waals surface area contributed by atoms with E-state index in [1.807, 2.05) is 60.2 Å². The van der Waals surface area contributed by atoms with Crippen LogP contribution in [0.4, 0.5) is 4.39 Å². The molecule has 7 rings (SSSR count). The van der Waals surface area contributed by atoms with Gasteiger partial charge in [-0.25, -0.2) is 9.37 Å². The first-order valence-corrected chi connectivity index (χ1v) is 15.4. The van der Waals surface area contributed by atoms with Crippen molar-refractivity contribution in [3.8, 4) is 28.2 Å². The molecule has 10 heteroatoms. The number of ether oxygens (including phenoxy) is 1. The molecule has 2 N–H and O–H groups in total. The molecule has 0 spiro atoms. The van der Waals surface area contributed by atoms with Gasteiger partial charge in [0.05, 0.1) is 35.2 Å². The molecule has 1 aliphatic carbocycles. The van der Waals surface area contributed by atoms with Crippen LogP contribution in [0.25, 0.3) is 33.4 Å². The molecule has 236 valence electrons. The largest absolute Gasteiger partial charge is 0.491 e. The zero-order valence-electron chi connectivity index (χ0n) is 25.9. The SMILES string of the molecule is CNC(=O)c1c(-c2ccc(F)cc2)oc2ccc(-c3cc(C(=O)NC4(c5ccccn5)CC4)c(OCCn4ccnc4)cc3C)cc12. The van der Waals surface area contributed by atoms with Crippen LogP contribution >= 0.6 is 0 Å². The van der Waals surface area contributed by atoms with E-state index in [0.717, 1.165) is 35.2 Å². The molecule has 9 nitrogen and oxygen atoms in total. The van der Waals surface area contributed by atoms with Gasteiger partial charge in [0.25, 0.3) is 11.8 Å². The number of imidazole rings is 1. The summed E-state index contributed by atoms with van der Waals surface area (Å²) in [5.41, 5.74) is 4.60. The highest BCUT2D eigenvalue weighted by molar-refractivity contribution is 6.12. The Hall–Kier alpha value is -5.77. The van der Waals surface area contributed by atoms with E-state index < -0.39 is 5.54 Å². The van der Waals surface area contributed by atoms with Crippen molar-refractivity contribution in [3.63, 3.8) is 0 Å². The molecule has 0 atom stereocenters. The number of aromatic nitrogens is 3. The van der Waals surface area contributed by atoms with Crippen LogP contribution in [0.2, 0.25) is 0 Å². The Morgan fingerprint density at radius 3 is 2.51 bits per heavy atom. The van der Waals surface area contributed by atoms with Gasteiger partial charge in [0.1, 0.15) is 29.5 Å². The van der Waals surface area contributed by atoms with Crippen molar-refractivity contribution >= 4 is 22.8 Å². The lowest BCUT2D eigenvalue weighted by Gasteiger charge is -2.20. The first-order chi connectivity index (χ1) is 22.8. The average Bonchev–Trinajstić information content (AvgIpc) is 3.49. The number of furan rings is 1. The maximum atomic E-state index is 14.0. The molecule has 2 amide bonds. The molecule has 1 saturated carbocycles. The zero-order chi connectivity index (χ0) is 32.5. The van der Waals surface area contributed by atoms with Gasteiger partial charge in [0.15, 0.2) is 0 Å². The minimum absolute atomic E-state index is 0.263. The molecular weight excluding hydrogens is 597 g/mol. The van der Waals surface area contributed by atoms with Gasteiger partial charge in [-0.2, -0.15) is 0 Å². The number of hydrogen-bond donors (Lipinski definition) is 2. The van der Waals surface area contributed by atoms with E-state index in [9.17, 15) is 14.0 Å². The monoisotopic (exact) mass is 629 g/mol. The Morgan fingerprint density at radius 2 is 1.81 bits per heavy atom. The van der Waals surface area contributed by atoms with Gasteiger partial charge >= 0.3 is 0 Å². The normalized spacial score (nSPS) is 13.3. The second-order valence-electron chi connectivity index (χ2n) is 11.7. The number of carbonyl (C=O) groups excluding carboxylic acids is 2. The summed E-state index contributed by atoms with van der Waals surface area (Å²) in [6.45, 7) is 2.86. The molecular formula is C37H32FN5O4. The number of benzene rings is 3. The molecule has 0 bridgehead atoms. The summed E-state index contributed by atoms with van der Waals surface area (Å²) in [7, 11) is 1.55. The highest BCUT2D eigenvalue weighted by Gasteiger charge is 2.47. The van der Waals surface area contributed by atoms with Crippen LogP contribution in [-0.4, -0.2) is 40.0 Å². The molecule has 6 aromatic rings. The van der Waals surface area contributed by atoms with Crippen LogP contribution in [0.5, 0.6) is 5.75 Å². The predicted molar refractivity (Wildman–Crippen MR) is 176 cm³/mol. The first kappa shape index (κ1) is 29.9. The molecule has 47 heavy (non-hydrogen) atoms. The third kappa shape index (κ3) is 5.85. The minimum Gasteiger partial charge on any atom is -0.491 e. The minimum atomic E-state index is -0.521. The van der Waals surface area contributed by atoms with Crippen LogP contribution in [0, 0.1) is 12.7 Å². The second-order valence-corrected chi connectivity index (χ2v) is 11.7. The smallest absolute Gasteiger partial charge is 0.255 e. The fraction of sp³-hybridized carbons (Fsp3) is 0.189. The van der Waals surface area contributed by atoms with Gasteiger partial charge in [-0.3, -0.25) is 14.6 Å². The van der Waals surface area contributed by atoms with Crippen LogP contribution in [-0.2, 0) is 12.1 Å². The molecule has 0 radical (unpaired) electrons. The fourth-order valence-corrected chi connectivity index (χ4v) is 5.89. The van der Waals surface area contributed by atoms with Crippen LogP contribution in [0.1, 0.15) is 44.8 Å². The number of pyridine rings is 1. The number of halogens is 1. The summed E-state index contributed by atoms with van der Waals surface area (Å²) in [6.07, 6.45) is 8.60. The maximum Gasteiger partial charge on any atom is 0.255 e. The van der Waals surface area contributed by atoms with Gasteiger partial charge in [-0.1, -0.05) is 12.1 Å². The van der Waals surface area contributed by atoms with E-state index in [1.54, 1.807) is 44.0 Å². The number of aryl methyl sites for hydroxylation is 1. The number of hydrogen-bond acceptors (Lipinski definition) is 6. The van der Waals surface area contributed by atoms with Crippen molar-refractivity contribution in [1.82, 2.24) is 25.2 Å². The van der Waals surface area contributed by atoms with Gasteiger partial charge in [-0.15, -0.1) is 0 Å². The third-order valence-electron chi connectivity index (χ3n) is 8.55. The molecule has 0 aliphatic heterocycles. The summed E-state index contributed by atoms with van der Waals surface area (Å²) in [5.74, 6) is -0.163. The predicted octanol–water partition coefficient (Wildman–Crippen LogP) is 6.66. The molecule has 3 aromatic carbocycles. The van der Waals surface area contributed by atoms with Gasteiger partial charge in [0, 0.05) is 36.6 Å². The Bertz CT molecular complexity index is 2090. The number of nitrogens with zero attached hydrogens (tertiary/aromatic N) is 3. The van der Waals surface area contributed by atoms with Crippen molar-refractivity contribution in [2.75, 3.05) is 13.7 Å². The van der Waals surface area contributed by atoms with Gasteiger partial charge in [-0.05, 0) is 97.1 Å². The van der Waals surface area contributed by atoms with E-state index in [-0.39, 0.29) is 17.6 Å². The molecule has 3 heterocycles. The van der Waals surface area contributed by atoms with Crippen molar-refractivity contribution in [1.29, 1.82) is 0 Å². The number of amides is 2. The van der Waals surface area contributed by atoms with Crippen LogP contribution in [0.15, 0.2) is 102 Å². The summed E-state index contributed by atoms with van der Waals surface area (Å²) in [5, 5.41) is 6.54. The van der Waals surface area contributed by atoms with E-state index in [4.69, 9.17) is 9.15 Å². The lowest BCUT2D eigenvalue weighted by Crippen LogP contribution is -2.35. The average molecular weight is 630 g/mol. The number of fused-ring (bicyclic) bond motifs is 1. The number of carbonyl (C=O) groups is 2. The Morgan fingerprint density at radius 1 is 1.00 bits per heavy atom. The van der Waals surface area contributed by atoms with Crippen molar-refractivity contribution < 1.29 is 23.1 Å². The molecule has 1 fully saturated rings. The summed E-state index contributed by atoms with van der Waals surface area (Å²) >= 11 is 0. The Balaban J connectivity index is 1.29. The van der Waals surface area contributed by atoms with Crippen LogP contribution in [0.3, 0.4) is 0 Å². The lowest BCUT2D eigenvalue weighted by atomic mass is 9.94. The first-order valence-electron chi connectivity index (χ1n) is 15.4. The Kier molecular flexibility index (Phi) is 7.77. The molecule has 0 unspecified atom stereocenters. The summed E-state index contributed by atoms with van der Waals surface area (Å²) < 4.78 is 28.0. The lowest BCUT2D eigenvalue weighted by molar-refractivity contribution is 0.0923. The molecule has 0 saturated heterocycles. The quantitative estimate of drug-likeness (QED) is 0.175. The number of nitrogens with one attached hydrogen (secondary N) is 2. The van der Waals surface area contributed by atoms with Crippen molar-refractivity contribution in [3.05, 3.63) is 126 Å². The Labute approximate surface area is 270 Å². The number of rotatable bonds is 10. The third-order valence-corrected chi connectivity index (χ3v) is 8.55. The maximum absolute atomic E-state index is 14.0. The van der Waals surface area contributed by atoms with E-state index in [0.29, 0.717) is 52.3 Å².